The molecule has 0 aromatic carbocycles. The van der Waals surface area contributed by atoms with Gasteiger partial charge in [0, 0.05) is 31.0 Å². The first-order chi connectivity index (χ1) is 10.6. The van der Waals surface area contributed by atoms with E-state index in [9.17, 15) is 9.59 Å². The van der Waals surface area contributed by atoms with Gasteiger partial charge >= 0.3 is 5.97 Å². The maximum atomic E-state index is 12.4. The summed E-state index contributed by atoms with van der Waals surface area (Å²) in [5, 5.41) is 0. The van der Waals surface area contributed by atoms with Crippen molar-refractivity contribution in [3.05, 3.63) is 46.4 Å². The number of nitrogens with two attached hydrogens (primary N) is 1. The van der Waals surface area contributed by atoms with Crippen molar-refractivity contribution < 1.29 is 9.53 Å². The quantitative estimate of drug-likeness (QED) is 0.856. The molecule has 1 atom stereocenters. The first-order valence-corrected chi connectivity index (χ1v) is 7.43. The number of nitrogens with zero attached hydrogens (tertiary/aromatic N) is 2. The van der Waals surface area contributed by atoms with E-state index in [1.165, 1.54) is 10.5 Å². The molecule has 1 fully saturated rings. The molecule has 1 unspecified atom stereocenters. The van der Waals surface area contributed by atoms with Crippen LogP contribution >= 0.6 is 0 Å². The number of hydrogen-bond acceptors (Lipinski definition) is 5. The second-order valence-electron chi connectivity index (χ2n) is 5.45. The number of ether oxygens (including phenoxy) is 1. The number of anilines is 1. The van der Waals surface area contributed by atoms with Gasteiger partial charge in [0.1, 0.15) is 5.56 Å². The number of carbonyl (C=O) groups is 1. The molecule has 1 aliphatic rings. The number of aromatic nitrogens is 1. The predicted octanol–water partition coefficient (Wildman–Crippen LogP) is 1.01. The molecule has 6 heteroatoms. The van der Waals surface area contributed by atoms with Crippen LogP contribution in [0.1, 0.15) is 23.7 Å². The van der Waals surface area contributed by atoms with Gasteiger partial charge in [0.2, 0.25) is 0 Å². The summed E-state index contributed by atoms with van der Waals surface area (Å²) in [6.45, 7) is 3.70. The number of fused-ring (bicyclic) bond motifs is 1. The zero-order valence-electron chi connectivity index (χ0n) is 12.5. The van der Waals surface area contributed by atoms with Crippen LogP contribution in [-0.4, -0.2) is 36.1 Å². The van der Waals surface area contributed by atoms with E-state index in [0.29, 0.717) is 0 Å². The van der Waals surface area contributed by atoms with Gasteiger partial charge in [-0.25, -0.2) is 4.79 Å². The summed E-state index contributed by atoms with van der Waals surface area (Å²) in [4.78, 5) is 26.3. The van der Waals surface area contributed by atoms with Crippen LogP contribution in [0.5, 0.6) is 0 Å². The summed E-state index contributed by atoms with van der Waals surface area (Å²) in [6, 6.07) is 7.29. The van der Waals surface area contributed by atoms with E-state index in [1.54, 1.807) is 19.2 Å². The molecule has 22 heavy (non-hydrogen) atoms. The Balaban J connectivity index is 1.99. The molecule has 0 saturated carbocycles. The molecule has 1 aliphatic heterocycles. The lowest BCUT2D eigenvalue weighted by atomic mass is 10.2. The van der Waals surface area contributed by atoms with Crippen molar-refractivity contribution in [3.8, 4) is 0 Å². The average molecular weight is 301 g/mol. The van der Waals surface area contributed by atoms with Crippen molar-refractivity contribution in [3.63, 3.8) is 0 Å². The van der Waals surface area contributed by atoms with E-state index in [1.807, 2.05) is 12.1 Å². The van der Waals surface area contributed by atoms with E-state index in [4.69, 9.17) is 10.5 Å². The van der Waals surface area contributed by atoms with Gasteiger partial charge in [0.05, 0.1) is 12.1 Å². The lowest BCUT2D eigenvalue weighted by molar-refractivity contribution is 0.0524. The Hall–Kier alpha value is -2.34. The normalized spacial score (nSPS) is 17.9. The molecular formula is C16H19N3O3. The van der Waals surface area contributed by atoms with Gasteiger partial charge in [0.15, 0.2) is 0 Å². The second-order valence-corrected chi connectivity index (χ2v) is 5.45. The van der Waals surface area contributed by atoms with E-state index in [0.717, 1.165) is 30.7 Å². The zero-order chi connectivity index (χ0) is 15.7. The largest absolute Gasteiger partial charge is 0.462 e. The number of pyridine rings is 2. The zero-order valence-corrected chi connectivity index (χ0v) is 12.5. The SMILES string of the molecule is CCOC(=O)c1ccc2cc(N3CCC(N)C3)ccn2c1=O. The molecule has 0 aliphatic carbocycles. The van der Waals surface area contributed by atoms with Gasteiger partial charge in [-0.05, 0) is 37.6 Å². The van der Waals surface area contributed by atoms with E-state index in [-0.39, 0.29) is 23.8 Å². The van der Waals surface area contributed by atoms with Crippen LogP contribution in [-0.2, 0) is 4.74 Å². The van der Waals surface area contributed by atoms with Gasteiger partial charge < -0.3 is 15.4 Å². The molecule has 0 radical (unpaired) electrons. The second kappa shape index (κ2) is 5.81. The molecule has 2 aromatic heterocycles. The molecule has 2 aromatic rings. The van der Waals surface area contributed by atoms with Gasteiger partial charge in [0.25, 0.3) is 5.56 Å². The van der Waals surface area contributed by atoms with Crippen LogP contribution in [0.4, 0.5) is 5.69 Å². The third-order valence-corrected chi connectivity index (χ3v) is 3.92. The maximum Gasteiger partial charge on any atom is 0.343 e. The van der Waals surface area contributed by atoms with Crippen molar-refractivity contribution in [2.75, 3.05) is 24.6 Å². The third-order valence-electron chi connectivity index (χ3n) is 3.92. The van der Waals surface area contributed by atoms with Crippen LogP contribution in [0.25, 0.3) is 5.52 Å². The highest BCUT2D eigenvalue weighted by molar-refractivity contribution is 5.89. The molecule has 0 spiro atoms. The standard InChI is InChI=1S/C16H19N3O3/c1-2-22-16(21)14-4-3-13-9-12(6-8-19(13)15(14)20)18-7-5-11(17)10-18/h3-4,6,8-9,11H,2,5,7,10,17H2,1H3. The van der Waals surface area contributed by atoms with E-state index >= 15 is 0 Å². The first-order valence-electron chi connectivity index (χ1n) is 7.43. The molecule has 6 nitrogen and oxygen atoms in total. The van der Waals surface area contributed by atoms with Crippen LogP contribution in [0.2, 0.25) is 0 Å². The van der Waals surface area contributed by atoms with Crippen molar-refractivity contribution in [2.24, 2.45) is 5.73 Å². The van der Waals surface area contributed by atoms with Crippen molar-refractivity contribution in [2.45, 2.75) is 19.4 Å². The fourth-order valence-electron chi connectivity index (χ4n) is 2.77. The minimum absolute atomic E-state index is 0.0512. The predicted molar refractivity (Wildman–Crippen MR) is 84.4 cm³/mol. The molecule has 116 valence electrons. The van der Waals surface area contributed by atoms with Gasteiger partial charge in [-0.3, -0.25) is 9.20 Å². The summed E-state index contributed by atoms with van der Waals surface area (Å²) in [5.74, 6) is -0.587. The Kier molecular flexibility index (Phi) is 3.85. The number of rotatable bonds is 3. The van der Waals surface area contributed by atoms with E-state index < -0.39 is 5.97 Å². The molecular weight excluding hydrogens is 282 g/mol. The monoisotopic (exact) mass is 301 g/mol. The average Bonchev–Trinajstić information content (AvgIpc) is 2.94. The van der Waals surface area contributed by atoms with Gasteiger partial charge in [-0.2, -0.15) is 0 Å². The summed E-state index contributed by atoms with van der Waals surface area (Å²) in [5.41, 5.74) is 7.41. The van der Waals surface area contributed by atoms with E-state index in [2.05, 4.69) is 4.90 Å². The van der Waals surface area contributed by atoms with Crippen molar-refractivity contribution in [1.82, 2.24) is 4.40 Å². The van der Waals surface area contributed by atoms with Gasteiger partial charge in [-0.1, -0.05) is 0 Å². The van der Waals surface area contributed by atoms with Crippen LogP contribution < -0.4 is 16.2 Å². The number of carbonyl (C=O) groups excluding carboxylic acids is 1. The molecule has 2 N–H and O–H groups in total. The Bertz CT molecular complexity index is 769. The maximum absolute atomic E-state index is 12.4. The minimum Gasteiger partial charge on any atom is -0.462 e. The molecule has 1 saturated heterocycles. The smallest absolute Gasteiger partial charge is 0.343 e. The topological polar surface area (TPSA) is 77.0 Å². The van der Waals surface area contributed by atoms with Crippen LogP contribution in [0.3, 0.4) is 0 Å². The lowest BCUT2D eigenvalue weighted by Gasteiger charge is -2.18. The molecule has 0 amide bonds. The lowest BCUT2D eigenvalue weighted by Crippen LogP contribution is -2.27. The first kappa shape index (κ1) is 14.6. The van der Waals surface area contributed by atoms with Crippen LogP contribution in [0.15, 0.2) is 35.3 Å². The van der Waals surface area contributed by atoms with Crippen molar-refractivity contribution >= 4 is 17.2 Å². The van der Waals surface area contributed by atoms with Gasteiger partial charge in [-0.15, -0.1) is 0 Å². The Morgan fingerprint density at radius 2 is 2.23 bits per heavy atom. The Labute approximate surface area is 128 Å². The summed E-state index contributed by atoms with van der Waals surface area (Å²) in [6.07, 6.45) is 2.67. The summed E-state index contributed by atoms with van der Waals surface area (Å²) >= 11 is 0. The highest BCUT2D eigenvalue weighted by Crippen LogP contribution is 2.21. The Morgan fingerprint density at radius 1 is 1.41 bits per heavy atom. The summed E-state index contributed by atoms with van der Waals surface area (Å²) in [7, 11) is 0. The molecule has 3 rings (SSSR count). The number of hydrogen-bond donors (Lipinski definition) is 1. The fourth-order valence-corrected chi connectivity index (χ4v) is 2.77. The highest BCUT2D eigenvalue weighted by Gasteiger charge is 2.20. The third kappa shape index (κ3) is 2.57. The van der Waals surface area contributed by atoms with Crippen molar-refractivity contribution in [1.29, 1.82) is 0 Å². The minimum atomic E-state index is -0.587. The molecule has 3 heterocycles. The number of esters is 1. The highest BCUT2D eigenvalue weighted by atomic mass is 16.5. The fraction of sp³-hybridized carbons (Fsp3) is 0.375. The molecule has 0 bridgehead atoms. The van der Waals surface area contributed by atoms with Crippen LogP contribution in [0, 0.1) is 0 Å². The summed E-state index contributed by atoms with van der Waals surface area (Å²) < 4.78 is 6.36. The Morgan fingerprint density at radius 3 is 2.91 bits per heavy atom.